The average Bonchev–Trinajstić information content (AvgIpc) is 2.52. The van der Waals surface area contributed by atoms with E-state index in [-0.39, 0.29) is 16.8 Å². The molecule has 0 spiro atoms. The molecule has 1 amide bonds. The average molecular weight is 328 g/mol. The van der Waals surface area contributed by atoms with Gasteiger partial charge in [-0.1, -0.05) is 13.8 Å². The molecule has 1 aromatic carbocycles. The van der Waals surface area contributed by atoms with Crippen LogP contribution in [0.2, 0.25) is 0 Å². The number of carbonyl (C=O) groups excluding carboxylic acids is 1. The smallest absolute Gasteiger partial charge is 0.241 e. The normalized spacial score (nSPS) is 14.2. The number of nitrogens with one attached hydrogen (secondary N) is 2. The predicted octanol–water partition coefficient (Wildman–Crippen LogP) is 1.67. The number of benzene rings is 1. The third-order valence-electron chi connectivity index (χ3n) is 3.39. The first-order valence-electron chi connectivity index (χ1n) is 7.30. The molecule has 2 atom stereocenters. The van der Waals surface area contributed by atoms with Crippen LogP contribution >= 0.6 is 0 Å². The topological polar surface area (TPSA) is 84.5 Å². The third-order valence-corrected chi connectivity index (χ3v) is 4.88. The maximum Gasteiger partial charge on any atom is 0.241 e. The summed E-state index contributed by atoms with van der Waals surface area (Å²) in [6, 6.07) is 5.23. The van der Waals surface area contributed by atoms with Gasteiger partial charge in [0.15, 0.2) is 0 Å². The summed E-state index contributed by atoms with van der Waals surface area (Å²) in [4.78, 5) is 12.2. The number of ether oxygens (including phenoxy) is 1. The summed E-state index contributed by atoms with van der Waals surface area (Å²) < 4.78 is 32.1. The van der Waals surface area contributed by atoms with E-state index in [2.05, 4.69) is 10.0 Å². The van der Waals surface area contributed by atoms with Crippen LogP contribution in [0.3, 0.4) is 0 Å². The zero-order chi connectivity index (χ0) is 16.8. The second kappa shape index (κ2) is 8.14. The van der Waals surface area contributed by atoms with E-state index in [9.17, 15) is 13.2 Å². The van der Waals surface area contributed by atoms with Crippen molar-refractivity contribution in [3.63, 3.8) is 0 Å². The minimum absolute atomic E-state index is 0.00652. The lowest BCUT2D eigenvalue weighted by molar-refractivity contribution is -0.123. The highest BCUT2D eigenvalue weighted by atomic mass is 32.2. The fourth-order valence-corrected chi connectivity index (χ4v) is 3.06. The Morgan fingerprint density at radius 3 is 2.23 bits per heavy atom. The van der Waals surface area contributed by atoms with Crippen LogP contribution < -0.4 is 14.8 Å². The van der Waals surface area contributed by atoms with E-state index in [0.717, 1.165) is 6.42 Å². The predicted molar refractivity (Wildman–Crippen MR) is 85.3 cm³/mol. The molecule has 0 saturated carbocycles. The number of rotatable bonds is 8. The van der Waals surface area contributed by atoms with Crippen molar-refractivity contribution < 1.29 is 17.9 Å². The lowest BCUT2D eigenvalue weighted by atomic mass is 10.2. The maximum absolute atomic E-state index is 12.3. The summed E-state index contributed by atoms with van der Waals surface area (Å²) in [6.45, 7) is 5.59. The van der Waals surface area contributed by atoms with Crippen LogP contribution in [-0.4, -0.2) is 33.5 Å². The van der Waals surface area contributed by atoms with Crippen molar-refractivity contribution in [2.24, 2.45) is 0 Å². The molecule has 2 N–H and O–H groups in total. The summed E-state index contributed by atoms with van der Waals surface area (Å²) in [5, 5.41) is 2.79. The van der Waals surface area contributed by atoms with Crippen molar-refractivity contribution in [2.75, 3.05) is 7.11 Å². The summed E-state index contributed by atoms with van der Waals surface area (Å²) in [6.07, 6.45) is 1.16. The lowest BCUT2D eigenvalue weighted by Crippen LogP contribution is -2.48. The zero-order valence-electron chi connectivity index (χ0n) is 13.4. The Labute approximate surface area is 132 Å². The molecule has 0 unspecified atom stereocenters. The minimum atomic E-state index is -3.75. The third kappa shape index (κ3) is 4.99. The number of sulfonamides is 1. The summed E-state index contributed by atoms with van der Waals surface area (Å²) >= 11 is 0. The van der Waals surface area contributed by atoms with Gasteiger partial charge in [0.2, 0.25) is 15.9 Å². The molecular formula is C15H24N2O4S. The molecule has 22 heavy (non-hydrogen) atoms. The Bertz CT molecular complexity index is 584. The Balaban J connectivity index is 2.85. The molecule has 0 fully saturated rings. The number of amides is 1. The minimum Gasteiger partial charge on any atom is -0.497 e. The fraction of sp³-hybridized carbons (Fsp3) is 0.533. The van der Waals surface area contributed by atoms with Gasteiger partial charge in [-0.05, 0) is 44.0 Å². The van der Waals surface area contributed by atoms with Crippen molar-refractivity contribution in [2.45, 2.75) is 50.6 Å². The van der Waals surface area contributed by atoms with Crippen molar-refractivity contribution in [3.8, 4) is 5.75 Å². The van der Waals surface area contributed by atoms with Crippen LogP contribution in [-0.2, 0) is 14.8 Å². The van der Waals surface area contributed by atoms with E-state index >= 15 is 0 Å². The molecule has 1 aromatic rings. The molecule has 6 nitrogen and oxygen atoms in total. The van der Waals surface area contributed by atoms with Crippen LogP contribution in [0.5, 0.6) is 5.75 Å². The van der Waals surface area contributed by atoms with Gasteiger partial charge >= 0.3 is 0 Å². The summed E-state index contributed by atoms with van der Waals surface area (Å²) in [7, 11) is -2.24. The van der Waals surface area contributed by atoms with Crippen LogP contribution in [0.15, 0.2) is 29.2 Å². The van der Waals surface area contributed by atoms with E-state index in [1.54, 1.807) is 19.1 Å². The monoisotopic (exact) mass is 328 g/mol. The van der Waals surface area contributed by atoms with Gasteiger partial charge < -0.3 is 10.1 Å². The van der Waals surface area contributed by atoms with Gasteiger partial charge in [0.25, 0.3) is 0 Å². The van der Waals surface area contributed by atoms with E-state index < -0.39 is 16.1 Å². The second-order valence-electron chi connectivity index (χ2n) is 5.08. The summed E-state index contributed by atoms with van der Waals surface area (Å²) in [5.41, 5.74) is 0. The van der Waals surface area contributed by atoms with Crippen LogP contribution in [0.25, 0.3) is 0 Å². The van der Waals surface area contributed by atoms with Gasteiger partial charge in [-0.15, -0.1) is 0 Å². The Hall–Kier alpha value is -1.60. The van der Waals surface area contributed by atoms with E-state index in [1.807, 2.05) is 13.8 Å². The molecule has 7 heteroatoms. The molecule has 0 saturated heterocycles. The quantitative estimate of drug-likeness (QED) is 0.760. The Morgan fingerprint density at radius 2 is 1.77 bits per heavy atom. The molecule has 0 aliphatic rings. The van der Waals surface area contributed by atoms with Crippen molar-refractivity contribution in [3.05, 3.63) is 24.3 Å². The largest absolute Gasteiger partial charge is 0.497 e. The molecule has 124 valence electrons. The van der Waals surface area contributed by atoms with Gasteiger partial charge in [-0.2, -0.15) is 4.72 Å². The molecule has 0 bridgehead atoms. The molecule has 0 aliphatic carbocycles. The Morgan fingerprint density at radius 1 is 1.18 bits per heavy atom. The highest BCUT2D eigenvalue weighted by Gasteiger charge is 2.24. The molecule has 1 rings (SSSR count). The first-order valence-corrected chi connectivity index (χ1v) is 8.79. The first kappa shape index (κ1) is 18.4. The lowest BCUT2D eigenvalue weighted by Gasteiger charge is -2.19. The molecule has 0 heterocycles. The van der Waals surface area contributed by atoms with E-state index in [0.29, 0.717) is 12.2 Å². The Kier molecular flexibility index (Phi) is 6.83. The zero-order valence-corrected chi connectivity index (χ0v) is 14.2. The molecular weight excluding hydrogens is 304 g/mol. The first-order chi connectivity index (χ1) is 10.3. The summed E-state index contributed by atoms with van der Waals surface area (Å²) in [5.74, 6) is 0.259. The van der Waals surface area contributed by atoms with Gasteiger partial charge in [0.05, 0.1) is 12.0 Å². The van der Waals surface area contributed by atoms with Crippen LogP contribution in [0.4, 0.5) is 0 Å². The molecule has 0 aliphatic heterocycles. The van der Waals surface area contributed by atoms with Gasteiger partial charge in [-0.25, -0.2) is 8.42 Å². The van der Waals surface area contributed by atoms with Crippen molar-refractivity contribution in [1.82, 2.24) is 10.0 Å². The fourth-order valence-electron chi connectivity index (χ4n) is 1.78. The van der Waals surface area contributed by atoms with Gasteiger partial charge in [0, 0.05) is 6.04 Å². The highest BCUT2D eigenvalue weighted by molar-refractivity contribution is 7.89. The van der Waals surface area contributed by atoms with Crippen LogP contribution in [0, 0.1) is 0 Å². The SMILES string of the molecule is CC[C@H](C)NC(=O)[C@@H](CC)NS(=O)(=O)c1ccc(OC)cc1. The molecule has 0 radical (unpaired) electrons. The standard InChI is InChI=1S/C15H24N2O4S/c1-5-11(3)16-15(18)14(6-2)17-22(19,20)13-9-7-12(21-4)8-10-13/h7-11,14,17H,5-6H2,1-4H3,(H,16,18)/t11-,14+/m0/s1. The number of carbonyl (C=O) groups is 1. The number of hydrogen-bond donors (Lipinski definition) is 2. The number of methoxy groups -OCH3 is 1. The van der Waals surface area contributed by atoms with Crippen molar-refractivity contribution >= 4 is 15.9 Å². The van der Waals surface area contributed by atoms with E-state index in [1.165, 1.54) is 19.2 Å². The van der Waals surface area contributed by atoms with Gasteiger partial charge in [-0.3, -0.25) is 4.79 Å². The van der Waals surface area contributed by atoms with Crippen LogP contribution in [0.1, 0.15) is 33.6 Å². The number of hydrogen-bond acceptors (Lipinski definition) is 4. The van der Waals surface area contributed by atoms with Gasteiger partial charge in [0.1, 0.15) is 11.8 Å². The second-order valence-corrected chi connectivity index (χ2v) is 6.79. The van der Waals surface area contributed by atoms with E-state index in [4.69, 9.17) is 4.74 Å². The maximum atomic E-state index is 12.3. The van der Waals surface area contributed by atoms with Crippen molar-refractivity contribution in [1.29, 1.82) is 0 Å². The molecule has 0 aromatic heterocycles. The highest BCUT2D eigenvalue weighted by Crippen LogP contribution is 2.16.